The summed E-state index contributed by atoms with van der Waals surface area (Å²) in [6.45, 7) is 6.02. The molecule has 0 aliphatic heterocycles. The maximum Gasteiger partial charge on any atom is 0.241 e. The van der Waals surface area contributed by atoms with Gasteiger partial charge in [0.1, 0.15) is 0 Å². The van der Waals surface area contributed by atoms with Gasteiger partial charge in [-0.15, -0.1) is 0 Å². The van der Waals surface area contributed by atoms with Crippen molar-refractivity contribution >= 4 is 21.6 Å². The molecule has 6 nitrogen and oxygen atoms in total. The van der Waals surface area contributed by atoms with Crippen molar-refractivity contribution in [1.82, 2.24) is 4.72 Å². The van der Waals surface area contributed by atoms with E-state index in [4.69, 9.17) is 5.73 Å². The molecule has 118 valence electrons. The van der Waals surface area contributed by atoms with Crippen LogP contribution in [0.25, 0.3) is 0 Å². The molecular weight excluding hydrogens is 290 g/mol. The first-order valence-electron chi connectivity index (χ1n) is 6.92. The van der Waals surface area contributed by atoms with E-state index in [2.05, 4.69) is 10.0 Å². The molecule has 1 aromatic carbocycles. The fraction of sp³-hybridized carbons (Fsp3) is 0.500. The predicted octanol–water partition coefficient (Wildman–Crippen LogP) is 1.30. The largest absolute Gasteiger partial charge is 0.325 e. The van der Waals surface area contributed by atoms with Gasteiger partial charge in [0.25, 0.3) is 0 Å². The predicted molar refractivity (Wildman–Crippen MR) is 83.4 cm³/mol. The molecule has 0 radical (unpaired) electrons. The third kappa shape index (κ3) is 5.45. The number of hydrogen-bond donors (Lipinski definition) is 3. The minimum Gasteiger partial charge on any atom is -0.325 e. The molecule has 1 aromatic rings. The molecule has 0 aliphatic rings. The number of carbonyl (C=O) groups is 1. The maximum atomic E-state index is 11.9. The smallest absolute Gasteiger partial charge is 0.241 e. The summed E-state index contributed by atoms with van der Waals surface area (Å²) in [6.07, 6.45) is 0.596. The number of amides is 1. The average Bonchev–Trinajstić information content (AvgIpc) is 2.38. The van der Waals surface area contributed by atoms with Crippen molar-refractivity contribution in [3.05, 3.63) is 24.3 Å². The average molecular weight is 313 g/mol. The van der Waals surface area contributed by atoms with Crippen LogP contribution in [0.4, 0.5) is 5.69 Å². The third-order valence-electron chi connectivity index (χ3n) is 2.83. The van der Waals surface area contributed by atoms with Crippen LogP contribution in [0.1, 0.15) is 27.2 Å². The van der Waals surface area contributed by atoms with Crippen LogP contribution in [0.2, 0.25) is 0 Å². The molecule has 0 saturated carbocycles. The lowest BCUT2D eigenvalue weighted by molar-refractivity contribution is -0.117. The van der Waals surface area contributed by atoms with Crippen molar-refractivity contribution < 1.29 is 13.2 Å². The van der Waals surface area contributed by atoms with Crippen LogP contribution < -0.4 is 15.8 Å². The Balaban J connectivity index is 2.73. The van der Waals surface area contributed by atoms with Gasteiger partial charge in [0.2, 0.25) is 15.9 Å². The van der Waals surface area contributed by atoms with Crippen molar-refractivity contribution in [2.45, 2.75) is 38.1 Å². The van der Waals surface area contributed by atoms with Gasteiger partial charge in [-0.1, -0.05) is 20.8 Å². The molecule has 21 heavy (non-hydrogen) atoms. The van der Waals surface area contributed by atoms with Crippen LogP contribution in [0.3, 0.4) is 0 Å². The number of hydrogen-bond acceptors (Lipinski definition) is 4. The van der Waals surface area contributed by atoms with E-state index in [-0.39, 0.29) is 10.8 Å². The van der Waals surface area contributed by atoms with Crippen molar-refractivity contribution in [2.75, 3.05) is 11.9 Å². The second kappa shape index (κ2) is 7.53. The molecule has 4 N–H and O–H groups in total. The summed E-state index contributed by atoms with van der Waals surface area (Å²) < 4.78 is 26.0. The maximum absolute atomic E-state index is 11.9. The first kappa shape index (κ1) is 17.6. The monoisotopic (exact) mass is 313 g/mol. The number of carbonyl (C=O) groups excluding carboxylic acids is 1. The molecule has 0 aromatic heterocycles. The Hall–Kier alpha value is -1.44. The number of rotatable bonds is 7. The summed E-state index contributed by atoms with van der Waals surface area (Å²) in [7, 11) is -3.48. The van der Waals surface area contributed by atoms with E-state index in [0.29, 0.717) is 24.6 Å². The van der Waals surface area contributed by atoms with E-state index < -0.39 is 16.1 Å². The van der Waals surface area contributed by atoms with E-state index >= 15 is 0 Å². The van der Waals surface area contributed by atoms with E-state index in [1.54, 1.807) is 19.1 Å². The minimum absolute atomic E-state index is 0.161. The molecule has 0 saturated heterocycles. The standard InChI is InChI=1S/C14H23N3O3S/c1-4-16-21(19,20)12-7-5-11(6-8-12)17-14(18)13(15)9-10(2)3/h5-8,10,13,16H,4,9,15H2,1-3H3,(H,17,18)/t13-/m0/s1. The second-order valence-corrected chi connectivity index (χ2v) is 7.02. The Morgan fingerprint density at radius 3 is 2.29 bits per heavy atom. The Kier molecular flexibility index (Phi) is 6.32. The molecule has 0 heterocycles. The summed E-state index contributed by atoms with van der Waals surface area (Å²) >= 11 is 0. The van der Waals surface area contributed by atoms with Crippen LogP contribution in [-0.4, -0.2) is 26.9 Å². The lowest BCUT2D eigenvalue weighted by Crippen LogP contribution is -2.36. The zero-order chi connectivity index (χ0) is 16.0. The number of nitrogens with one attached hydrogen (secondary N) is 2. The summed E-state index contributed by atoms with van der Waals surface area (Å²) in [5.41, 5.74) is 6.31. The fourth-order valence-electron chi connectivity index (χ4n) is 1.84. The van der Waals surface area contributed by atoms with Crippen LogP contribution in [0, 0.1) is 5.92 Å². The Bertz CT molecular complexity index is 568. The summed E-state index contributed by atoms with van der Waals surface area (Å²) in [4.78, 5) is 12.0. The van der Waals surface area contributed by atoms with E-state index in [9.17, 15) is 13.2 Å². The van der Waals surface area contributed by atoms with E-state index in [0.717, 1.165) is 0 Å². The topological polar surface area (TPSA) is 101 Å². The van der Waals surface area contributed by atoms with Gasteiger partial charge in [-0.05, 0) is 36.6 Å². The molecule has 0 spiro atoms. The number of sulfonamides is 1. The zero-order valence-corrected chi connectivity index (χ0v) is 13.4. The molecule has 1 atom stereocenters. The Morgan fingerprint density at radius 2 is 1.81 bits per heavy atom. The highest BCUT2D eigenvalue weighted by molar-refractivity contribution is 7.89. The first-order valence-corrected chi connectivity index (χ1v) is 8.40. The van der Waals surface area contributed by atoms with Gasteiger partial charge < -0.3 is 11.1 Å². The Morgan fingerprint density at radius 1 is 1.24 bits per heavy atom. The molecule has 0 fully saturated rings. The van der Waals surface area contributed by atoms with Crippen molar-refractivity contribution in [1.29, 1.82) is 0 Å². The SMILES string of the molecule is CCNS(=O)(=O)c1ccc(NC(=O)[C@@H](N)CC(C)C)cc1. The Labute approximate surface area is 126 Å². The molecule has 7 heteroatoms. The molecule has 0 unspecified atom stereocenters. The molecule has 0 aliphatic carbocycles. The van der Waals surface area contributed by atoms with Crippen molar-refractivity contribution in [2.24, 2.45) is 11.7 Å². The molecule has 1 rings (SSSR count). The highest BCUT2D eigenvalue weighted by atomic mass is 32.2. The van der Waals surface area contributed by atoms with Gasteiger partial charge in [-0.25, -0.2) is 13.1 Å². The number of nitrogens with two attached hydrogens (primary N) is 1. The highest BCUT2D eigenvalue weighted by Crippen LogP contribution is 2.14. The fourth-order valence-corrected chi connectivity index (χ4v) is 2.88. The van der Waals surface area contributed by atoms with Gasteiger partial charge in [0, 0.05) is 12.2 Å². The van der Waals surface area contributed by atoms with Gasteiger partial charge in [-0.2, -0.15) is 0 Å². The zero-order valence-electron chi connectivity index (χ0n) is 12.6. The number of anilines is 1. The van der Waals surface area contributed by atoms with Gasteiger partial charge in [-0.3, -0.25) is 4.79 Å². The normalized spacial score (nSPS) is 13.2. The van der Waals surface area contributed by atoms with Crippen LogP contribution in [-0.2, 0) is 14.8 Å². The van der Waals surface area contributed by atoms with Gasteiger partial charge in [0.05, 0.1) is 10.9 Å². The van der Waals surface area contributed by atoms with Crippen molar-refractivity contribution in [3.63, 3.8) is 0 Å². The van der Waals surface area contributed by atoms with E-state index in [1.807, 2.05) is 13.8 Å². The van der Waals surface area contributed by atoms with Crippen molar-refractivity contribution in [3.8, 4) is 0 Å². The molecule has 0 bridgehead atoms. The van der Waals surface area contributed by atoms with Gasteiger partial charge in [0.15, 0.2) is 0 Å². The quantitative estimate of drug-likeness (QED) is 0.706. The summed E-state index contributed by atoms with van der Waals surface area (Å²) in [5, 5.41) is 2.68. The summed E-state index contributed by atoms with van der Waals surface area (Å²) in [5.74, 6) is 0.0596. The van der Waals surface area contributed by atoms with Crippen LogP contribution in [0.5, 0.6) is 0 Å². The number of benzene rings is 1. The molecular formula is C14H23N3O3S. The van der Waals surface area contributed by atoms with Crippen LogP contribution in [0.15, 0.2) is 29.2 Å². The second-order valence-electron chi connectivity index (χ2n) is 5.25. The third-order valence-corrected chi connectivity index (χ3v) is 4.39. The van der Waals surface area contributed by atoms with Crippen LogP contribution >= 0.6 is 0 Å². The van der Waals surface area contributed by atoms with Gasteiger partial charge >= 0.3 is 0 Å². The summed E-state index contributed by atoms with van der Waals surface area (Å²) in [6, 6.07) is 5.41. The molecule has 1 amide bonds. The first-order chi connectivity index (χ1) is 9.76. The van der Waals surface area contributed by atoms with E-state index in [1.165, 1.54) is 12.1 Å². The highest BCUT2D eigenvalue weighted by Gasteiger charge is 2.16. The lowest BCUT2D eigenvalue weighted by Gasteiger charge is -2.14. The minimum atomic E-state index is -3.48. The lowest BCUT2D eigenvalue weighted by atomic mass is 10.0.